The molecule has 0 amide bonds. The fraction of sp³-hybridized carbons (Fsp3) is 0.526. The highest BCUT2D eigenvalue weighted by molar-refractivity contribution is 5.38. The van der Waals surface area contributed by atoms with Gasteiger partial charge < -0.3 is 5.11 Å². The number of halogens is 2. The lowest BCUT2D eigenvalue weighted by atomic mass is 10.1. The second-order valence-corrected chi connectivity index (χ2v) is 6.79. The first-order chi connectivity index (χ1) is 12.0. The molecule has 2 aromatic rings. The average Bonchev–Trinajstić information content (AvgIpc) is 3.37. The first kappa shape index (κ1) is 18.0. The Hall–Kier alpha value is -1.79. The Balaban J connectivity index is 1.83. The molecule has 1 N–H and O–H groups in total. The molecule has 136 valence electrons. The molecule has 4 nitrogen and oxygen atoms in total. The third-order valence-electron chi connectivity index (χ3n) is 4.86. The van der Waals surface area contributed by atoms with Crippen molar-refractivity contribution in [2.24, 2.45) is 0 Å². The number of hydrogen-bond donors (Lipinski definition) is 1. The van der Waals surface area contributed by atoms with Gasteiger partial charge in [0.15, 0.2) is 5.82 Å². The smallest absolute Gasteiger partial charge is 0.151 e. The van der Waals surface area contributed by atoms with Gasteiger partial charge in [-0.05, 0) is 58.2 Å². The second-order valence-electron chi connectivity index (χ2n) is 6.79. The maximum atomic E-state index is 14.1. The van der Waals surface area contributed by atoms with E-state index in [1.807, 2.05) is 13.8 Å². The fourth-order valence-electron chi connectivity index (χ4n) is 3.25. The Labute approximate surface area is 147 Å². The first-order valence-electron chi connectivity index (χ1n) is 8.86. The van der Waals surface area contributed by atoms with Crippen LogP contribution in [-0.2, 0) is 6.54 Å². The number of hydrogen-bond acceptors (Lipinski definition) is 3. The van der Waals surface area contributed by atoms with Crippen LogP contribution in [0.15, 0.2) is 18.2 Å². The minimum atomic E-state index is -0.612. The molecule has 0 bridgehead atoms. The second kappa shape index (κ2) is 7.62. The van der Waals surface area contributed by atoms with Gasteiger partial charge in [0.25, 0.3) is 0 Å². The number of aliphatic hydroxyl groups excluding tert-OH is 1. The van der Waals surface area contributed by atoms with Gasteiger partial charge in [0.05, 0.1) is 5.69 Å². The summed E-state index contributed by atoms with van der Waals surface area (Å²) in [7, 11) is 0. The van der Waals surface area contributed by atoms with Crippen LogP contribution in [0.5, 0.6) is 0 Å². The monoisotopic (exact) mass is 349 g/mol. The molecule has 1 saturated carbocycles. The summed E-state index contributed by atoms with van der Waals surface area (Å²) in [5, 5.41) is 13.5. The summed E-state index contributed by atoms with van der Waals surface area (Å²) in [5.41, 5.74) is 3.12. The van der Waals surface area contributed by atoms with Crippen LogP contribution in [0.2, 0.25) is 0 Å². The molecular formula is C19H25F2N3O. The predicted octanol–water partition coefficient (Wildman–Crippen LogP) is 3.50. The van der Waals surface area contributed by atoms with Gasteiger partial charge in [-0.25, -0.2) is 13.5 Å². The summed E-state index contributed by atoms with van der Waals surface area (Å²) in [5.74, 6) is -1.20. The third-order valence-corrected chi connectivity index (χ3v) is 4.86. The largest absolute Gasteiger partial charge is 0.396 e. The zero-order chi connectivity index (χ0) is 18.0. The van der Waals surface area contributed by atoms with E-state index in [0.717, 1.165) is 48.9 Å². The summed E-state index contributed by atoms with van der Waals surface area (Å²) in [4.78, 5) is 2.43. The van der Waals surface area contributed by atoms with Crippen LogP contribution < -0.4 is 0 Å². The maximum absolute atomic E-state index is 14.1. The van der Waals surface area contributed by atoms with Crippen LogP contribution in [0, 0.1) is 25.5 Å². The van der Waals surface area contributed by atoms with E-state index in [1.54, 1.807) is 4.68 Å². The number of nitrogens with zero attached hydrogens (tertiary/aromatic N) is 3. The lowest BCUT2D eigenvalue weighted by Gasteiger charge is -2.22. The zero-order valence-electron chi connectivity index (χ0n) is 14.8. The summed E-state index contributed by atoms with van der Waals surface area (Å²) >= 11 is 0. The van der Waals surface area contributed by atoms with Gasteiger partial charge in [-0.2, -0.15) is 5.10 Å². The molecule has 0 atom stereocenters. The minimum Gasteiger partial charge on any atom is -0.396 e. The van der Waals surface area contributed by atoms with Gasteiger partial charge in [0, 0.05) is 36.5 Å². The van der Waals surface area contributed by atoms with Crippen molar-refractivity contribution in [2.45, 2.75) is 52.1 Å². The average molecular weight is 349 g/mol. The summed E-state index contributed by atoms with van der Waals surface area (Å²) < 4.78 is 28.9. The lowest BCUT2D eigenvalue weighted by Crippen LogP contribution is -2.27. The van der Waals surface area contributed by atoms with Crippen LogP contribution in [-0.4, -0.2) is 39.0 Å². The SMILES string of the molecule is Cc1nn(-c2ccc(F)cc2F)c(C)c1CN(CCCCO)C1CC1. The van der Waals surface area contributed by atoms with Gasteiger partial charge in [0.1, 0.15) is 11.5 Å². The van der Waals surface area contributed by atoms with E-state index in [9.17, 15) is 8.78 Å². The molecule has 0 saturated heterocycles. The van der Waals surface area contributed by atoms with Crippen LogP contribution in [0.25, 0.3) is 5.69 Å². The molecule has 1 aliphatic rings. The van der Waals surface area contributed by atoms with Crippen LogP contribution in [0.1, 0.15) is 42.6 Å². The number of benzene rings is 1. The Bertz CT molecular complexity index is 741. The van der Waals surface area contributed by atoms with Crippen LogP contribution in [0.4, 0.5) is 8.78 Å². The third kappa shape index (κ3) is 4.07. The lowest BCUT2D eigenvalue weighted by molar-refractivity contribution is 0.228. The van der Waals surface area contributed by atoms with Crippen LogP contribution in [0.3, 0.4) is 0 Å². The molecule has 1 heterocycles. The van der Waals surface area contributed by atoms with Crippen molar-refractivity contribution in [3.8, 4) is 5.69 Å². The Morgan fingerprint density at radius 1 is 1.24 bits per heavy atom. The molecule has 1 aliphatic carbocycles. The first-order valence-corrected chi connectivity index (χ1v) is 8.86. The van der Waals surface area contributed by atoms with Gasteiger partial charge in [-0.3, -0.25) is 4.90 Å². The number of rotatable bonds is 8. The van der Waals surface area contributed by atoms with Gasteiger partial charge in [-0.15, -0.1) is 0 Å². The summed E-state index contributed by atoms with van der Waals surface area (Å²) in [6.45, 7) is 5.80. The molecular weight excluding hydrogens is 324 g/mol. The number of aromatic nitrogens is 2. The maximum Gasteiger partial charge on any atom is 0.151 e. The van der Waals surface area contributed by atoms with E-state index in [2.05, 4.69) is 10.00 Å². The molecule has 0 unspecified atom stereocenters. The number of unbranched alkanes of at least 4 members (excludes halogenated alkanes) is 1. The van der Waals surface area contributed by atoms with E-state index < -0.39 is 11.6 Å². The van der Waals surface area contributed by atoms with Crippen LogP contribution >= 0.6 is 0 Å². The Morgan fingerprint density at radius 3 is 2.64 bits per heavy atom. The Kier molecular flexibility index (Phi) is 5.49. The zero-order valence-corrected chi connectivity index (χ0v) is 14.8. The molecule has 25 heavy (non-hydrogen) atoms. The van der Waals surface area contributed by atoms with Crippen molar-refractivity contribution in [2.75, 3.05) is 13.2 Å². The van der Waals surface area contributed by atoms with E-state index in [1.165, 1.54) is 25.0 Å². The Morgan fingerprint density at radius 2 is 2.00 bits per heavy atom. The van der Waals surface area contributed by atoms with E-state index in [4.69, 9.17) is 5.11 Å². The summed E-state index contributed by atoms with van der Waals surface area (Å²) in [6.07, 6.45) is 4.18. The molecule has 0 spiro atoms. The van der Waals surface area contributed by atoms with Crippen molar-refractivity contribution in [1.29, 1.82) is 0 Å². The highest BCUT2D eigenvalue weighted by Crippen LogP contribution is 2.30. The van der Waals surface area contributed by atoms with Crippen molar-refractivity contribution in [3.63, 3.8) is 0 Å². The molecule has 0 radical (unpaired) electrons. The van der Waals surface area contributed by atoms with E-state index in [-0.39, 0.29) is 12.3 Å². The van der Waals surface area contributed by atoms with Crippen molar-refractivity contribution in [3.05, 3.63) is 46.8 Å². The normalized spacial score (nSPS) is 14.5. The van der Waals surface area contributed by atoms with Crippen molar-refractivity contribution >= 4 is 0 Å². The van der Waals surface area contributed by atoms with Crippen molar-refractivity contribution < 1.29 is 13.9 Å². The quantitative estimate of drug-likeness (QED) is 0.742. The number of aryl methyl sites for hydroxylation is 1. The van der Waals surface area contributed by atoms with E-state index >= 15 is 0 Å². The minimum absolute atomic E-state index is 0.221. The van der Waals surface area contributed by atoms with Gasteiger partial charge >= 0.3 is 0 Å². The molecule has 0 aliphatic heterocycles. The predicted molar refractivity (Wildman–Crippen MR) is 92.7 cm³/mol. The van der Waals surface area contributed by atoms with E-state index in [0.29, 0.717) is 6.04 Å². The molecule has 1 fully saturated rings. The van der Waals surface area contributed by atoms with Crippen molar-refractivity contribution in [1.82, 2.24) is 14.7 Å². The molecule has 6 heteroatoms. The molecule has 1 aromatic carbocycles. The molecule has 1 aromatic heterocycles. The summed E-state index contributed by atoms with van der Waals surface area (Å²) in [6, 6.07) is 4.16. The number of aliphatic hydroxyl groups is 1. The molecule has 3 rings (SSSR count). The van der Waals surface area contributed by atoms with Gasteiger partial charge in [0.2, 0.25) is 0 Å². The highest BCUT2D eigenvalue weighted by atomic mass is 19.1. The topological polar surface area (TPSA) is 41.3 Å². The highest BCUT2D eigenvalue weighted by Gasteiger charge is 2.30. The fourth-order valence-corrected chi connectivity index (χ4v) is 3.25. The van der Waals surface area contributed by atoms with Gasteiger partial charge in [-0.1, -0.05) is 0 Å². The standard InChI is InChI=1S/C19H25F2N3O/c1-13-17(12-23(16-6-7-16)9-3-4-10-25)14(2)24(22-13)19-8-5-15(20)11-18(19)21/h5,8,11,16,25H,3-4,6-7,9-10,12H2,1-2H3.